The number of carbonyl (C=O) groups is 1. The molecule has 1 aliphatic heterocycles. The van der Waals surface area contributed by atoms with Crippen molar-refractivity contribution in [1.82, 2.24) is 10.6 Å². The molecule has 2 atom stereocenters. The summed E-state index contributed by atoms with van der Waals surface area (Å²) in [6.07, 6.45) is 2.75. The zero-order chi connectivity index (χ0) is 16.8. The van der Waals surface area contributed by atoms with Crippen molar-refractivity contribution in [2.75, 3.05) is 13.1 Å². The molecule has 1 saturated heterocycles. The number of carbonyl (C=O) groups excluding carboxylic acids is 1. The van der Waals surface area contributed by atoms with Crippen LogP contribution in [0.2, 0.25) is 0 Å². The van der Waals surface area contributed by atoms with Gasteiger partial charge in [-0.1, -0.05) is 60.2 Å². The van der Waals surface area contributed by atoms with Gasteiger partial charge in [0.15, 0.2) is 0 Å². The maximum Gasteiger partial charge on any atom is 0.220 e. The van der Waals surface area contributed by atoms with Crippen LogP contribution in [0, 0.1) is 12.8 Å². The third-order valence-electron chi connectivity index (χ3n) is 4.79. The van der Waals surface area contributed by atoms with Gasteiger partial charge in [0.1, 0.15) is 0 Å². The topological polar surface area (TPSA) is 41.1 Å². The van der Waals surface area contributed by atoms with Gasteiger partial charge in [0, 0.05) is 6.42 Å². The van der Waals surface area contributed by atoms with Crippen molar-refractivity contribution in [3.63, 3.8) is 0 Å². The van der Waals surface area contributed by atoms with E-state index in [-0.39, 0.29) is 24.4 Å². The Bertz CT molecular complexity index is 651. The van der Waals surface area contributed by atoms with Crippen LogP contribution in [0.3, 0.4) is 0 Å². The van der Waals surface area contributed by atoms with Crippen molar-refractivity contribution in [3.8, 4) is 0 Å². The van der Waals surface area contributed by atoms with Gasteiger partial charge in [-0.3, -0.25) is 4.79 Å². The van der Waals surface area contributed by atoms with Gasteiger partial charge >= 0.3 is 0 Å². The molecule has 0 bridgehead atoms. The highest BCUT2D eigenvalue weighted by atomic mass is 35.5. The molecule has 4 heteroatoms. The fourth-order valence-electron chi connectivity index (χ4n) is 3.29. The molecule has 3 nitrogen and oxygen atoms in total. The van der Waals surface area contributed by atoms with Crippen LogP contribution in [-0.2, 0) is 4.79 Å². The summed E-state index contributed by atoms with van der Waals surface area (Å²) in [4.78, 5) is 12.5. The first-order valence-electron chi connectivity index (χ1n) is 8.84. The SMILES string of the molecule is Cc1ccc(C(NC(=O)CCC2CCNC2)c2ccccc2)cc1.Cl. The number of amides is 1. The van der Waals surface area contributed by atoms with Crippen LogP contribution in [0.15, 0.2) is 54.6 Å². The highest BCUT2D eigenvalue weighted by Gasteiger charge is 2.19. The fraction of sp³-hybridized carbons (Fsp3) is 0.381. The van der Waals surface area contributed by atoms with Crippen LogP contribution >= 0.6 is 12.4 Å². The van der Waals surface area contributed by atoms with E-state index in [4.69, 9.17) is 0 Å². The molecule has 1 fully saturated rings. The molecule has 1 heterocycles. The highest BCUT2D eigenvalue weighted by Crippen LogP contribution is 2.23. The Morgan fingerprint density at radius 2 is 1.80 bits per heavy atom. The first-order valence-corrected chi connectivity index (χ1v) is 8.84. The van der Waals surface area contributed by atoms with E-state index in [1.54, 1.807) is 0 Å². The van der Waals surface area contributed by atoms with Gasteiger partial charge in [-0.2, -0.15) is 0 Å². The number of nitrogens with one attached hydrogen (secondary N) is 2. The number of hydrogen-bond acceptors (Lipinski definition) is 2. The van der Waals surface area contributed by atoms with Gasteiger partial charge in [-0.15, -0.1) is 12.4 Å². The largest absolute Gasteiger partial charge is 0.345 e. The smallest absolute Gasteiger partial charge is 0.220 e. The van der Waals surface area contributed by atoms with Gasteiger partial charge in [-0.05, 0) is 49.9 Å². The molecule has 0 saturated carbocycles. The maximum atomic E-state index is 12.5. The summed E-state index contributed by atoms with van der Waals surface area (Å²) in [5.41, 5.74) is 3.48. The van der Waals surface area contributed by atoms with Crippen LogP contribution in [0.4, 0.5) is 0 Å². The Morgan fingerprint density at radius 1 is 1.12 bits per heavy atom. The van der Waals surface area contributed by atoms with Crippen molar-refractivity contribution in [2.24, 2.45) is 5.92 Å². The number of hydrogen-bond donors (Lipinski definition) is 2. The summed E-state index contributed by atoms with van der Waals surface area (Å²) in [5, 5.41) is 6.60. The standard InChI is InChI=1S/C21H26N2O.ClH/c1-16-7-10-19(11-8-16)21(18-5-3-2-4-6-18)23-20(24)12-9-17-13-14-22-15-17;/h2-8,10-11,17,21-22H,9,12-15H2,1H3,(H,23,24);1H. The Hall–Kier alpha value is -1.84. The number of benzene rings is 2. The van der Waals surface area contributed by atoms with Crippen molar-refractivity contribution >= 4 is 18.3 Å². The monoisotopic (exact) mass is 358 g/mol. The molecule has 0 aliphatic carbocycles. The number of rotatable bonds is 6. The second kappa shape index (κ2) is 9.59. The lowest BCUT2D eigenvalue weighted by molar-refractivity contribution is -0.121. The molecule has 0 spiro atoms. The van der Waals surface area contributed by atoms with Crippen molar-refractivity contribution in [3.05, 3.63) is 71.3 Å². The predicted molar refractivity (Wildman–Crippen MR) is 105 cm³/mol. The first-order chi connectivity index (χ1) is 11.7. The summed E-state index contributed by atoms with van der Waals surface area (Å²) in [7, 11) is 0. The van der Waals surface area contributed by atoms with E-state index in [1.165, 1.54) is 12.0 Å². The molecule has 2 aromatic rings. The van der Waals surface area contributed by atoms with E-state index < -0.39 is 0 Å². The molecule has 25 heavy (non-hydrogen) atoms. The number of aryl methyl sites for hydroxylation is 1. The average molecular weight is 359 g/mol. The summed E-state index contributed by atoms with van der Waals surface area (Å²) in [6.45, 7) is 4.21. The number of halogens is 1. The summed E-state index contributed by atoms with van der Waals surface area (Å²) < 4.78 is 0. The Kier molecular flexibility index (Phi) is 7.48. The fourth-order valence-corrected chi connectivity index (χ4v) is 3.29. The summed E-state index contributed by atoms with van der Waals surface area (Å²) >= 11 is 0. The third kappa shape index (κ3) is 5.58. The summed E-state index contributed by atoms with van der Waals surface area (Å²) in [5.74, 6) is 0.779. The molecule has 0 aromatic heterocycles. The average Bonchev–Trinajstić information content (AvgIpc) is 3.13. The van der Waals surface area contributed by atoms with Crippen LogP contribution in [-0.4, -0.2) is 19.0 Å². The van der Waals surface area contributed by atoms with Crippen molar-refractivity contribution in [1.29, 1.82) is 0 Å². The van der Waals surface area contributed by atoms with E-state index in [1.807, 2.05) is 18.2 Å². The zero-order valence-corrected chi connectivity index (χ0v) is 15.5. The van der Waals surface area contributed by atoms with Gasteiger partial charge in [-0.25, -0.2) is 0 Å². The zero-order valence-electron chi connectivity index (χ0n) is 14.7. The molecule has 1 amide bonds. The van der Waals surface area contributed by atoms with Gasteiger partial charge in [0.2, 0.25) is 5.91 Å². The minimum absolute atomic E-state index is 0. The van der Waals surface area contributed by atoms with Gasteiger partial charge < -0.3 is 10.6 Å². The van der Waals surface area contributed by atoms with E-state index in [9.17, 15) is 4.79 Å². The summed E-state index contributed by atoms with van der Waals surface area (Å²) in [6, 6.07) is 18.5. The molecular formula is C21H27ClN2O. The first kappa shape index (κ1) is 19.5. The van der Waals surface area contributed by atoms with Crippen LogP contribution in [0.5, 0.6) is 0 Å². The van der Waals surface area contributed by atoms with E-state index in [0.29, 0.717) is 12.3 Å². The molecule has 1 aliphatic rings. The lowest BCUT2D eigenvalue weighted by Crippen LogP contribution is -2.29. The Labute approximate surface area is 156 Å². The Morgan fingerprint density at radius 3 is 2.44 bits per heavy atom. The van der Waals surface area contributed by atoms with Gasteiger partial charge in [0.05, 0.1) is 6.04 Å². The van der Waals surface area contributed by atoms with E-state index in [0.717, 1.165) is 30.6 Å². The Balaban J connectivity index is 0.00000225. The van der Waals surface area contributed by atoms with E-state index in [2.05, 4.69) is 54.0 Å². The maximum absolute atomic E-state index is 12.5. The quantitative estimate of drug-likeness (QED) is 0.819. The molecule has 2 aromatic carbocycles. The van der Waals surface area contributed by atoms with E-state index >= 15 is 0 Å². The molecule has 3 rings (SSSR count). The molecule has 2 unspecified atom stereocenters. The van der Waals surface area contributed by atoms with Crippen molar-refractivity contribution in [2.45, 2.75) is 32.2 Å². The normalized spacial score (nSPS) is 17.6. The van der Waals surface area contributed by atoms with Crippen LogP contribution in [0.25, 0.3) is 0 Å². The van der Waals surface area contributed by atoms with Crippen molar-refractivity contribution < 1.29 is 4.79 Å². The van der Waals surface area contributed by atoms with Crippen LogP contribution in [0.1, 0.15) is 42.0 Å². The van der Waals surface area contributed by atoms with Crippen LogP contribution < -0.4 is 10.6 Å². The minimum atomic E-state index is -0.0824. The second-order valence-corrected chi connectivity index (χ2v) is 6.72. The minimum Gasteiger partial charge on any atom is -0.345 e. The highest BCUT2D eigenvalue weighted by molar-refractivity contribution is 5.85. The predicted octanol–water partition coefficient (Wildman–Crippen LogP) is 4.01. The third-order valence-corrected chi connectivity index (χ3v) is 4.79. The lowest BCUT2D eigenvalue weighted by atomic mass is 9.97. The molecule has 134 valence electrons. The molecular weight excluding hydrogens is 332 g/mol. The van der Waals surface area contributed by atoms with Gasteiger partial charge in [0.25, 0.3) is 0 Å². The molecule has 2 N–H and O–H groups in total. The second-order valence-electron chi connectivity index (χ2n) is 6.72. The lowest BCUT2D eigenvalue weighted by Gasteiger charge is -2.20. The molecule has 0 radical (unpaired) electrons.